The van der Waals surface area contributed by atoms with Crippen molar-refractivity contribution in [2.24, 2.45) is 4.99 Å². The highest BCUT2D eigenvalue weighted by Gasteiger charge is 2.11. The molecule has 0 aliphatic carbocycles. The Balaban J connectivity index is 2.93. The average Bonchev–Trinajstić information content (AvgIpc) is 1.90. The van der Waals surface area contributed by atoms with Gasteiger partial charge in [0, 0.05) is 0 Å². The highest BCUT2D eigenvalue weighted by molar-refractivity contribution is 9.18. The lowest BCUT2D eigenvalue weighted by atomic mass is 10.1. The van der Waals surface area contributed by atoms with E-state index in [4.69, 9.17) is 0 Å². The number of rotatable bonds is 0. The Kier molecular flexibility index (Phi) is 2.09. The smallest absolute Gasteiger partial charge is 0.101 e. The fraction of sp³-hybridized carbons (Fsp3) is 0.375. The van der Waals surface area contributed by atoms with E-state index in [2.05, 4.69) is 40.8 Å². The average molecular weight is 200 g/mol. The first-order valence-electron chi connectivity index (χ1n) is 3.21. The lowest BCUT2D eigenvalue weighted by Crippen LogP contribution is -2.12. The molecular formula is C8H10BrN. The zero-order chi connectivity index (χ0) is 7.61. The van der Waals surface area contributed by atoms with Crippen molar-refractivity contribution < 1.29 is 0 Å². The Hall–Kier alpha value is -0.370. The molecule has 0 radical (unpaired) electrons. The van der Waals surface area contributed by atoms with Gasteiger partial charge < -0.3 is 0 Å². The van der Waals surface area contributed by atoms with Crippen molar-refractivity contribution in [1.29, 1.82) is 0 Å². The first kappa shape index (κ1) is 7.73. The van der Waals surface area contributed by atoms with Gasteiger partial charge in [-0.15, -0.1) is 0 Å². The van der Waals surface area contributed by atoms with Gasteiger partial charge in [-0.1, -0.05) is 18.2 Å². The molecule has 0 unspecified atom stereocenters. The minimum atomic E-state index is -0.0671. The highest BCUT2D eigenvalue weighted by atomic mass is 79.9. The van der Waals surface area contributed by atoms with Crippen LogP contribution in [0.3, 0.4) is 0 Å². The normalized spacial score (nSPS) is 22.1. The van der Waals surface area contributed by atoms with Crippen molar-refractivity contribution in [1.82, 2.24) is 0 Å². The molecule has 0 atom stereocenters. The van der Waals surface area contributed by atoms with Gasteiger partial charge in [0.2, 0.25) is 0 Å². The Labute approximate surface area is 69.7 Å². The summed E-state index contributed by atoms with van der Waals surface area (Å²) in [7, 11) is 0. The van der Waals surface area contributed by atoms with Gasteiger partial charge in [-0.3, -0.25) is 4.99 Å². The van der Waals surface area contributed by atoms with Crippen LogP contribution in [0.2, 0.25) is 0 Å². The van der Waals surface area contributed by atoms with Crippen molar-refractivity contribution in [2.75, 3.05) is 0 Å². The van der Waals surface area contributed by atoms with Gasteiger partial charge >= 0.3 is 0 Å². The van der Waals surface area contributed by atoms with Gasteiger partial charge in [0.05, 0.1) is 5.54 Å². The number of allylic oxidation sites excluding steroid dienone is 3. The number of aliphatic imine (C=N–C) groups is 1. The molecule has 54 valence electrons. The number of nitrogens with zero attached hydrogens (tertiary/aromatic N) is 1. The summed E-state index contributed by atoms with van der Waals surface area (Å²) in [6.45, 7) is 4.13. The quantitative estimate of drug-likeness (QED) is 0.570. The first-order chi connectivity index (χ1) is 4.60. The zero-order valence-corrected chi connectivity index (χ0v) is 7.72. The Morgan fingerprint density at radius 2 is 2.10 bits per heavy atom. The molecule has 1 aliphatic rings. The van der Waals surface area contributed by atoms with Crippen LogP contribution < -0.4 is 0 Å². The summed E-state index contributed by atoms with van der Waals surface area (Å²) in [4.78, 5) is 4.37. The molecule has 0 bridgehead atoms. The van der Waals surface area contributed by atoms with Gasteiger partial charge in [0.25, 0.3) is 0 Å². The molecule has 0 spiro atoms. The summed E-state index contributed by atoms with van der Waals surface area (Å²) < 4.78 is 0.905. The maximum atomic E-state index is 4.37. The molecule has 10 heavy (non-hydrogen) atoms. The zero-order valence-electron chi connectivity index (χ0n) is 6.13. The summed E-state index contributed by atoms with van der Waals surface area (Å²) in [5, 5.41) is 0. The second-order valence-electron chi connectivity index (χ2n) is 2.81. The van der Waals surface area contributed by atoms with E-state index in [9.17, 15) is 0 Å². The standard InChI is InChI=1S/C8H10BrN/c1-8(2)6-4-3-5-7(9)10-8/h3-6H,1-2H3. The van der Waals surface area contributed by atoms with E-state index >= 15 is 0 Å². The monoisotopic (exact) mass is 199 g/mol. The van der Waals surface area contributed by atoms with E-state index in [0.29, 0.717) is 0 Å². The molecule has 2 heteroatoms. The predicted octanol–water partition coefficient (Wildman–Crippen LogP) is 2.68. The van der Waals surface area contributed by atoms with Crippen LogP contribution in [0.25, 0.3) is 0 Å². The van der Waals surface area contributed by atoms with Gasteiger partial charge in [-0.2, -0.15) is 0 Å². The van der Waals surface area contributed by atoms with Gasteiger partial charge in [0.1, 0.15) is 4.62 Å². The minimum absolute atomic E-state index is 0.0671. The third kappa shape index (κ3) is 2.10. The second kappa shape index (κ2) is 2.70. The van der Waals surface area contributed by atoms with Crippen LogP contribution >= 0.6 is 15.9 Å². The van der Waals surface area contributed by atoms with E-state index in [-0.39, 0.29) is 5.54 Å². The van der Waals surface area contributed by atoms with Crippen LogP contribution in [0.4, 0.5) is 0 Å². The van der Waals surface area contributed by atoms with Gasteiger partial charge in [-0.25, -0.2) is 0 Å². The first-order valence-corrected chi connectivity index (χ1v) is 4.01. The molecular weight excluding hydrogens is 190 g/mol. The molecule has 0 fully saturated rings. The third-order valence-electron chi connectivity index (χ3n) is 1.24. The maximum absolute atomic E-state index is 4.37. The number of hydrogen-bond donors (Lipinski definition) is 0. The topological polar surface area (TPSA) is 12.4 Å². The summed E-state index contributed by atoms with van der Waals surface area (Å²) >= 11 is 3.34. The molecule has 1 nitrogen and oxygen atoms in total. The molecule has 0 N–H and O–H groups in total. The van der Waals surface area contributed by atoms with E-state index in [0.717, 1.165) is 4.62 Å². The number of hydrogen-bond acceptors (Lipinski definition) is 1. The van der Waals surface area contributed by atoms with Crippen molar-refractivity contribution in [3.05, 3.63) is 24.3 Å². The molecule has 1 heterocycles. The van der Waals surface area contributed by atoms with Crippen LogP contribution in [0.1, 0.15) is 13.8 Å². The van der Waals surface area contributed by atoms with Crippen LogP contribution in [0, 0.1) is 0 Å². The summed E-state index contributed by atoms with van der Waals surface area (Å²) in [5.74, 6) is 0. The molecule has 0 aromatic carbocycles. The number of halogens is 1. The lowest BCUT2D eigenvalue weighted by Gasteiger charge is -2.12. The predicted molar refractivity (Wildman–Crippen MR) is 48.7 cm³/mol. The summed E-state index contributed by atoms with van der Waals surface area (Å²) in [5.41, 5.74) is -0.0671. The highest BCUT2D eigenvalue weighted by Crippen LogP contribution is 2.15. The molecule has 0 saturated carbocycles. The fourth-order valence-electron chi connectivity index (χ4n) is 0.776. The third-order valence-corrected chi connectivity index (χ3v) is 1.69. The second-order valence-corrected chi connectivity index (χ2v) is 3.62. The van der Waals surface area contributed by atoms with E-state index in [1.807, 2.05) is 18.2 Å². The van der Waals surface area contributed by atoms with Crippen LogP contribution in [-0.4, -0.2) is 10.2 Å². The minimum Gasteiger partial charge on any atom is -0.268 e. The van der Waals surface area contributed by atoms with Crippen molar-refractivity contribution >= 4 is 20.6 Å². The lowest BCUT2D eigenvalue weighted by molar-refractivity contribution is 0.662. The molecule has 1 aliphatic heterocycles. The van der Waals surface area contributed by atoms with Crippen LogP contribution in [-0.2, 0) is 0 Å². The van der Waals surface area contributed by atoms with E-state index in [1.165, 1.54) is 0 Å². The molecule has 0 aromatic rings. The van der Waals surface area contributed by atoms with E-state index in [1.54, 1.807) is 0 Å². The molecule has 0 amide bonds. The maximum Gasteiger partial charge on any atom is 0.101 e. The van der Waals surface area contributed by atoms with Gasteiger partial charge in [0.15, 0.2) is 0 Å². The van der Waals surface area contributed by atoms with Crippen molar-refractivity contribution in [3.63, 3.8) is 0 Å². The van der Waals surface area contributed by atoms with Crippen LogP contribution in [0.5, 0.6) is 0 Å². The Morgan fingerprint density at radius 3 is 2.80 bits per heavy atom. The van der Waals surface area contributed by atoms with E-state index < -0.39 is 0 Å². The SMILES string of the molecule is CC1(C)C=CC=CC(Br)=N1. The summed E-state index contributed by atoms with van der Waals surface area (Å²) in [6, 6.07) is 0. The molecule has 0 aromatic heterocycles. The fourth-order valence-corrected chi connectivity index (χ4v) is 1.39. The Morgan fingerprint density at radius 1 is 1.40 bits per heavy atom. The largest absolute Gasteiger partial charge is 0.268 e. The van der Waals surface area contributed by atoms with Crippen molar-refractivity contribution in [3.8, 4) is 0 Å². The Bertz CT molecular complexity index is 211. The van der Waals surface area contributed by atoms with Gasteiger partial charge in [-0.05, 0) is 35.9 Å². The summed E-state index contributed by atoms with van der Waals surface area (Å²) in [6.07, 6.45) is 7.99. The van der Waals surface area contributed by atoms with Crippen LogP contribution in [0.15, 0.2) is 29.3 Å². The van der Waals surface area contributed by atoms with Crippen molar-refractivity contribution in [2.45, 2.75) is 19.4 Å². The molecule has 0 saturated heterocycles. The molecule has 1 rings (SSSR count).